The van der Waals surface area contributed by atoms with E-state index in [1.165, 1.54) is 17.3 Å². The van der Waals surface area contributed by atoms with E-state index in [0.717, 1.165) is 19.1 Å². The number of carboxylic acid groups (broad SMARTS) is 1. The van der Waals surface area contributed by atoms with Crippen molar-refractivity contribution < 1.29 is 19.5 Å². The Morgan fingerprint density at radius 1 is 1.13 bits per heavy atom. The molecule has 38 heavy (non-hydrogen) atoms. The number of aromatic nitrogens is 1. The number of Topliss-reactive ketones (excluding diaryl/α,β-unsaturated/α-hetero) is 1. The number of nitrogens with one attached hydrogen (secondary N) is 1. The third-order valence-corrected chi connectivity index (χ3v) is 8.99. The highest BCUT2D eigenvalue weighted by atomic mass is 35.5. The molecule has 1 aromatic rings. The second kappa shape index (κ2) is 11.9. The minimum Gasteiger partial charge on any atom is -0.481 e. The summed E-state index contributed by atoms with van der Waals surface area (Å²) < 4.78 is 0. The van der Waals surface area contributed by atoms with Gasteiger partial charge in [0.05, 0.1) is 33.1 Å². The predicted octanol–water partition coefficient (Wildman–Crippen LogP) is 5.90. The van der Waals surface area contributed by atoms with Crippen LogP contribution in [0.4, 0.5) is 0 Å². The quantitative estimate of drug-likeness (QED) is 0.153. The van der Waals surface area contributed by atoms with E-state index in [0.29, 0.717) is 32.2 Å². The molecule has 0 spiro atoms. The minimum absolute atomic E-state index is 0.0287. The first-order chi connectivity index (χ1) is 17.7. The molecule has 208 valence electrons. The fraction of sp³-hybridized carbons (Fsp3) is 0.593. The zero-order valence-electron chi connectivity index (χ0n) is 22.2. The Morgan fingerprint density at radius 2 is 1.68 bits per heavy atom. The molecule has 2 N–H and O–H groups in total. The molecule has 0 unspecified atom stereocenters. The lowest BCUT2D eigenvalue weighted by atomic mass is 9.64. The van der Waals surface area contributed by atoms with Crippen molar-refractivity contribution in [2.75, 3.05) is 20.1 Å². The topological polar surface area (TPSA) is 115 Å². The molecule has 1 amide bonds. The normalized spacial score (nSPS) is 23.6. The Balaban J connectivity index is 1.84. The first-order valence-electron chi connectivity index (χ1n) is 12.7. The number of amides is 1. The van der Waals surface area contributed by atoms with E-state index in [1.54, 1.807) is 18.9 Å². The molecule has 2 aliphatic carbocycles. The van der Waals surface area contributed by atoms with Crippen LogP contribution in [0, 0.1) is 22.2 Å². The van der Waals surface area contributed by atoms with Gasteiger partial charge in [-0.15, -0.1) is 0 Å². The van der Waals surface area contributed by atoms with E-state index in [-0.39, 0.29) is 50.3 Å². The Hall–Kier alpha value is -2.16. The summed E-state index contributed by atoms with van der Waals surface area (Å²) in [5.41, 5.74) is -0.539. The highest BCUT2D eigenvalue weighted by molar-refractivity contribution is 6.40. The second-order valence-electron chi connectivity index (χ2n) is 11.6. The van der Waals surface area contributed by atoms with E-state index in [1.807, 2.05) is 0 Å². The van der Waals surface area contributed by atoms with Crippen LogP contribution in [0.1, 0.15) is 69.7 Å². The molecule has 0 aliphatic heterocycles. The van der Waals surface area contributed by atoms with Crippen LogP contribution in [-0.2, 0) is 9.59 Å². The van der Waals surface area contributed by atoms with Gasteiger partial charge in [0.25, 0.3) is 5.91 Å². The Morgan fingerprint density at radius 3 is 2.16 bits per heavy atom. The van der Waals surface area contributed by atoms with Crippen LogP contribution in [0.25, 0.3) is 0 Å². The summed E-state index contributed by atoms with van der Waals surface area (Å²) in [7, 11) is 1.74. The van der Waals surface area contributed by atoms with Crippen molar-refractivity contribution >= 4 is 58.7 Å². The maximum atomic E-state index is 13.8. The molecule has 1 aromatic heterocycles. The number of hydrogen-bond donors (Lipinski definition) is 2. The molecular weight excluding hydrogens is 551 g/mol. The summed E-state index contributed by atoms with van der Waals surface area (Å²) in [6, 6.07) is -0.0744. The molecule has 2 fully saturated rings. The van der Waals surface area contributed by atoms with Gasteiger partial charge in [-0.25, -0.2) is 0 Å². The van der Waals surface area contributed by atoms with Gasteiger partial charge in [-0.05, 0) is 56.8 Å². The Kier molecular flexibility index (Phi) is 9.54. The van der Waals surface area contributed by atoms with Gasteiger partial charge in [0, 0.05) is 38.2 Å². The number of ketones is 1. The molecule has 0 radical (unpaired) electrons. The van der Waals surface area contributed by atoms with Crippen molar-refractivity contribution in [1.29, 1.82) is 5.41 Å². The number of carboxylic acids is 1. The number of halogens is 3. The van der Waals surface area contributed by atoms with Gasteiger partial charge >= 0.3 is 5.97 Å². The SMILES string of the molecule is CN(C(Cl)=C(C=N)C(=O)N(CC(=O)c1c(Cl)cncc1Cl)CC1CC(C)(C)C1)C1CCC(C)(C(=O)O)CC1. The molecule has 0 bridgehead atoms. The van der Waals surface area contributed by atoms with Crippen LogP contribution < -0.4 is 0 Å². The predicted molar refractivity (Wildman–Crippen MR) is 149 cm³/mol. The number of hydrogen-bond acceptors (Lipinski definition) is 6. The molecule has 11 heteroatoms. The van der Waals surface area contributed by atoms with Gasteiger partial charge in [-0.1, -0.05) is 48.7 Å². The smallest absolute Gasteiger partial charge is 0.309 e. The van der Waals surface area contributed by atoms with Crippen molar-refractivity contribution in [2.24, 2.45) is 16.7 Å². The van der Waals surface area contributed by atoms with E-state index >= 15 is 0 Å². The zero-order chi connectivity index (χ0) is 28.4. The maximum Gasteiger partial charge on any atom is 0.309 e. The third kappa shape index (κ3) is 6.69. The maximum absolute atomic E-state index is 13.8. The molecule has 3 rings (SSSR count). The van der Waals surface area contributed by atoms with Crippen molar-refractivity contribution in [2.45, 2.75) is 65.3 Å². The lowest BCUT2D eigenvalue weighted by Gasteiger charge is -2.44. The molecule has 2 aliphatic rings. The number of rotatable bonds is 10. The van der Waals surface area contributed by atoms with Crippen molar-refractivity contribution in [1.82, 2.24) is 14.8 Å². The monoisotopic (exact) mass is 584 g/mol. The van der Waals surface area contributed by atoms with Crippen LogP contribution in [0.5, 0.6) is 0 Å². The van der Waals surface area contributed by atoms with Gasteiger partial charge < -0.3 is 20.3 Å². The molecule has 8 nitrogen and oxygen atoms in total. The highest BCUT2D eigenvalue weighted by Crippen LogP contribution is 2.45. The number of pyridine rings is 1. The molecule has 2 saturated carbocycles. The van der Waals surface area contributed by atoms with Crippen LogP contribution in [0.2, 0.25) is 10.0 Å². The number of aliphatic carboxylic acids is 1. The lowest BCUT2D eigenvalue weighted by Crippen LogP contribution is -2.46. The fourth-order valence-corrected chi connectivity index (χ4v) is 6.51. The van der Waals surface area contributed by atoms with Gasteiger partial charge in [0.15, 0.2) is 5.78 Å². The van der Waals surface area contributed by atoms with E-state index in [4.69, 9.17) is 40.2 Å². The van der Waals surface area contributed by atoms with E-state index < -0.39 is 23.1 Å². The van der Waals surface area contributed by atoms with Crippen molar-refractivity contribution in [3.63, 3.8) is 0 Å². The molecule has 1 heterocycles. The number of carbonyl (C=O) groups is 3. The average Bonchev–Trinajstić information content (AvgIpc) is 2.82. The summed E-state index contributed by atoms with van der Waals surface area (Å²) in [4.78, 5) is 45.7. The molecule has 0 aromatic carbocycles. The number of carbonyl (C=O) groups excluding carboxylic acids is 2. The summed E-state index contributed by atoms with van der Waals surface area (Å²) in [5, 5.41) is 17.8. The molecule has 0 saturated heterocycles. The molecule has 0 atom stereocenters. The van der Waals surface area contributed by atoms with Crippen LogP contribution in [-0.4, -0.2) is 69.9 Å². The first-order valence-corrected chi connectivity index (χ1v) is 13.8. The van der Waals surface area contributed by atoms with Crippen LogP contribution in [0.3, 0.4) is 0 Å². The largest absolute Gasteiger partial charge is 0.481 e. The van der Waals surface area contributed by atoms with Gasteiger partial charge in [0.1, 0.15) is 5.16 Å². The van der Waals surface area contributed by atoms with Crippen LogP contribution in [0.15, 0.2) is 23.1 Å². The summed E-state index contributed by atoms with van der Waals surface area (Å²) in [5.74, 6) is -1.56. The number of nitrogens with zero attached hydrogens (tertiary/aromatic N) is 3. The Labute approximate surface area is 238 Å². The second-order valence-corrected chi connectivity index (χ2v) is 12.8. The third-order valence-electron chi connectivity index (χ3n) is 7.94. The lowest BCUT2D eigenvalue weighted by molar-refractivity contribution is -0.150. The summed E-state index contributed by atoms with van der Waals surface area (Å²) >= 11 is 19.1. The Bertz CT molecular complexity index is 1120. The van der Waals surface area contributed by atoms with Crippen molar-refractivity contribution in [3.8, 4) is 0 Å². The standard InChI is InChI=1S/C27H35Cl3N4O4/c1-26(2)9-16(10-26)14-34(15-21(35)22-19(28)12-32-13-20(22)29)24(36)18(11-31)23(30)33(4)17-5-7-27(3,8-6-17)25(37)38/h11-13,16-17,31H,5-10,14-15H2,1-4H3,(H,37,38). The van der Waals surface area contributed by atoms with Gasteiger partial charge in [0.2, 0.25) is 0 Å². The summed E-state index contributed by atoms with van der Waals surface area (Å²) in [6.45, 7) is 6.12. The van der Waals surface area contributed by atoms with E-state index in [9.17, 15) is 19.5 Å². The highest BCUT2D eigenvalue weighted by Gasteiger charge is 2.40. The minimum atomic E-state index is -0.815. The van der Waals surface area contributed by atoms with E-state index in [2.05, 4.69) is 18.8 Å². The van der Waals surface area contributed by atoms with Gasteiger partial charge in [-0.2, -0.15) is 0 Å². The zero-order valence-corrected chi connectivity index (χ0v) is 24.5. The molecular formula is C27H35Cl3N4O4. The van der Waals surface area contributed by atoms with Gasteiger partial charge in [-0.3, -0.25) is 19.4 Å². The first kappa shape index (κ1) is 30.4. The average molecular weight is 586 g/mol. The van der Waals surface area contributed by atoms with Crippen LogP contribution >= 0.6 is 34.8 Å². The summed E-state index contributed by atoms with van der Waals surface area (Å²) in [6.07, 6.45) is 7.54. The van der Waals surface area contributed by atoms with Crippen molar-refractivity contribution in [3.05, 3.63) is 38.7 Å². The fourth-order valence-electron chi connectivity index (χ4n) is 5.66.